The highest BCUT2D eigenvalue weighted by Gasteiger charge is 2.35. The van der Waals surface area contributed by atoms with Gasteiger partial charge in [0.1, 0.15) is 0 Å². The fraction of sp³-hybridized carbons (Fsp3) is 0.435. The summed E-state index contributed by atoms with van der Waals surface area (Å²) in [4.78, 5) is 12.6. The van der Waals surface area contributed by atoms with Gasteiger partial charge in [-0.2, -0.15) is 4.31 Å². The van der Waals surface area contributed by atoms with Gasteiger partial charge in [-0.3, -0.25) is 0 Å². The topological polar surface area (TPSA) is 78.5 Å². The van der Waals surface area contributed by atoms with Crippen molar-refractivity contribution >= 4 is 33.3 Å². The molecule has 2 N–H and O–H groups in total. The minimum atomic E-state index is -3.60. The molecule has 0 bridgehead atoms. The van der Waals surface area contributed by atoms with Crippen molar-refractivity contribution in [2.24, 2.45) is 0 Å². The Kier molecular flexibility index (Phi) is 7.62. The molecule has 0 aromatic heterocycles. The van der Waals surface area contributed by atoms with Crippen molar-refractivity contribution in [2.45, 2.75) is 57.4 Å². The van der Waals surface area contributed by atoms with Crippen molar-refractivity contribution in [3.63, 3.8) is 0 Å². The second-order valence-corrected chi connectivity index (χ2v) is 10.4. The number of amides is 2. The van der Waals surface area contributed by atoms with Gasteiger partial charge < -0.3 is 10.6 Å². The zero-order valence-electron chi connectivity index (χ0n) is 18.2. The molecular weight excluding hydrogens is 434 g/mol. The highest BCUT2D eigenvalue weighted by molar-refractivity contribution is 7.89. The zero-order chi connectivity index (χ0) is 22.6. The Morgan fingerprint density at radius 1 is 1.10 bits per heavy atom. The van der Waals surface area contributed by atoms with E-state index in [1.54, 1.807) is 28.6 Å². The molecule has 1 unspecified atom stereocenters. The number of hydrogen-bond donors (Lipinski definition) is 2. The number of hydrogen-bond acceptors (Lipinski definition) is 3. The smallest absolute Gasteiger partial charge is 0.319 e. The van der Waals surface area contributed by atoms with Crippen LogP contribution < -0.4 is 10.6 Å². The average Bonchev–Trinajstić information content (AvgIpc) is 2.69. The number of rotatable bonds is 6. The van der Waals surface area contributed by atoms with Crippen LogP contribution >= 0.6 is 11.6 Å². The predicted octanol–water partition coefficient (Wildman–Crippen LogP) is 5.02. The fourth-order valence-electron chi connectivity index (χ4n) is 4.33. The summed E-state index contributed by atoms with van der Waals surface area (Å²) in [6.45, 7) is 6.59. The molecule has 0 aliphatic carbocycles. The van der Waals surface area contributed by atoms with Gasteiger partial charge in [-0.25, -0.2) is 13.2 Å². The first-order valence-electron chi connectivity index (χ1n) is 10.6. The minimum Gasteiger partial charge on any atom is -0.338 e. The third-order valence-electron chi connectivity index (χ3n) is 5.61. The monoisotopic (exact) mass is 463 g/mol. The third kappa shape index (κ3) is 5.79. The van der Waals surface area contributed by atoms with Crippen LogP contribution in [0.3, 0.4) is 0 Å². The lowest BCUT2D eigenvalue weighted by Crippen LogP contribution is -2.45. The molecule has 1 atom stereocenters. The van der Waals surface area contributed by atoms with Gasteiger partial charge in [-0.05, 0) is 75.4 Å². The lowest BCUT2D eigenvalue weighted by Gasteiger charge is -2.35. The number of carbonyl (C=O) groups excluding carboxylic acids is 1. The van der Waals surface area contributed by atoms with E-state index in [1.165, 1.54) is 0 Å². The van der Waals surface area contributed by atoms with Crippen LogP contribution in [-0.4, -0.2) is 37.9 Å². The van der Waals surface area contributed by atoms with Crippen molar-refractivity contribution < 1.29 is 13.2 Å². The number of anilines is 1. The number of sulfonamides is 1. The quantitative estimate of drug-likeness (QED) is 0.631. The lowest BCUT2D eigenvalue weighted by molar-refractivity contribution is 0.234. The van der Waals surface area contributed by atoms with Gasteiger partial charge in [-0.1, -0.05) is 35.7 Å². The molecule has 2 aromatic carbocycles. The molecule has 0 radical (unpaired) electrons. The van der Waals surface area contributed by atoms with Crippen molar-refractivity contribution in [1.29, 1.82) is 0 Å². The molecule has 1 fully saturated rings. The predicted molar refractivity (Wildman–Crippen MR) is 125 cm³/mol. The Hall–Kier alpha value is -2.09. The Balaban J connectivity index is 1.65. The highest BCUT2D eigenvalue weighted by atomic mass is 35.5. The van der Waals surface area contributed by atoms with Gasteiger partial charge in [-0.15, -0.1) is 0 Å². The van der Waals surface area contributed by atoms with E-state index in [4.69, 9.17) is 11.6 Å². The van der Waals surface area contributed by atoms with Gasteiger partial charge in [0.25, 0.3) is 0 Å². The average molecular weight is 464 g/mol. The van der Waals surface area contributed by atoms with Crippen LogP contribution in [0.2, 0.25) is 5.02 Å². The van der Waals surface area contributed by atoms with Gasteiger partial charge in [0.15, 0.2) is 0 Å². The number of piperidine rings is 1. The summed E-state index contributed by atoms with van der Waals surface area (Å²) in [5.74, 6) is 0. The standard InChI is InChI=1S/C23H30ClN3O3S/c1-16-14-17(2)22(18(3)15-16)31(29,30)27-13-5-4-6-21(27)11-12-25-23(28)26-20-9-7-19(24)8-10-20/h7-10,14-15,21H,4-6,11-13H2,1-3H3,(H2,25,26,28). The summed E-state index contributed by atoms with van der Waals surface area (Å²) in [5.41, 5.74) is 3.26. The number of carbonyl (C=O) groups is 1. The van der Waals surface area contributed by atoms with E-state index in [0.717, 1.165) is 36.0 Å². The van der Waals surface area contributed by atoms with Crippen LogP contribution in [0.5, 0.6) is 0 Å². The number of nitrogens with one attached hydrogen (secondary N) is 2. The third-order valence-corrected chi connectivity index (χ3v) is 8.12. The van der Waals surface area contributed by atoms with Gasteiger partial charge in [0.2, 0.25) is 10.0 Å². The molecular formula is C23H30ClN3O3S. The van der Waals surface area contributed by atoms with Gasteiger partial charge >= 0.3 is 6.03 Å². The van der Waals surface area contributed by atoms with Crippen LogP contribution in [0.1, 0.15) is 42.4 Å². The molecule has 1 heterocycles. The van der Waals surface area contributed by atoms with Crippen LogP contribution in [-0.2, 0) is 10.0 Å². The van der Waals surface area contributed by atoms with Crippen LogP contribution in [0.15, 0.2) is 41.3 Å². The van der Waals surface area contributed by atoms with Crippen molar-refractivity contribution in [1.82, 2.24) is 9.62 Å². The Morgan fingerprint density at radius 3 is 2.39 bits per heavy atom. The van der Waals surface area contributed by atoms with E-state index < -0.39 is 10.0 Å². The summed E-state index contributed by atoms with van der Waals surface area (Å²) < 4.78 is 28.7. The normalized spacial score (nSPS) is 17.4. The first-order chi connectivity index (χ1) is 14.7. The van der Waals surface area contributed by atoms with Crippen molar-refractivity contribution in [3.05, 3.63) is 58.1 Å². The number of urea groups is 1. The molecule has 8 heteroatoms. The molecule has 0 saturated carbocycles. The van der Waals surface area contributed by atoms with Crippen LogP contribution in [0.4, 0.5) is 10.5 Å². The number of benzene rings is 2. The summed E-state index contributed by atoms with van der Waals surface area (Å²) in [6, 6.07) is 10.2. The largest absolute Gasteiger partial charge is 0.338 e. The van der Waals surface area contributed by atoms with E-state index in [0.29, 0.717) is 35.1 Å². The second kappa shape index (κ2) is 10.0. The first-order valence-corrected chi connectivity index (χ1v) is 12.4. The van der Waals surface area contributed by atoms with E-state index >= 15 is 0 Å². The SMILES string of the molecule is Cc1cc(C)c(S(=O)(=O)N2CCCCC2CCNC(=O)Nc2ccc(Cl)cc2)c(C)c1. The number of nitrogens with zero attached hydrogens (tertiary/aromatic N) is 1. The van der Waals surface area contributed by atoms with E-state index in [1.807, 2.05) is 32.9 Å². The van der Waals surface area contributed by atoms with Crippen molar-refractivity contribution in [3.8, 4) is 0 Å². The number of aryl methyl sites for hydroxylation is 3. The summed E-state index contributed by atoms with van der Waals surface area (Å²) in [5, 5.41) is 6.18. The molecule has 31 heavy (non-hydrogen) atoms. The molecule has 0 spiro atoms. The van der Waals surface area contributed by atoms with Crippen LogP contribution in [0, 0.1) is 20.8 Å². The molecule has 2 aromatic rings. The zero-order valence-corrected chi connectivity index (χ0v) is 19.8. The highest BCUT2D eigenvalue weighted by Crippen LogP contribution is 2.31. The molecule has 3 rings (SSSR count). The molecule has 1 saturated heterocycles. The molecule has 6 nitrogen and oxygen atoms in total. The molecule has 2 amide bonds. The van der Waals surface area contributed by atoms with Gasteiger partial charge in [0, 0.05) is 29.8 Å². The molecule has 168 valence electrons. The Labute approximate surface area is 190 Å². The van der Waals surface area contributed by atoms with Gasteiger partial charge in [0.05, 0.1) is 4.90 Å². The maximum atomic E-state index is 13.5. The minimum absolute atomic E-state index is 0.130. The van der Waals surface area contributed by atoms with Crippen molar-refractivity contribution in [2.75, 3.05) is 18.4 Å². The molecule has 1 aliphatic heterocycles. The summed E-state index contributed by atoms with van der Waals surface area (Å²) >= 11 is 5.86. The van der Waals surface area contributed by atoms with E-state index in [9.17, 15) is 13.2 Å². The fourth-order valence-corrected chi connectivity index (χ4v) is 6.60. The number of halogens is 1. The first kappa shape index (κ1) is 23.6. The maximum Gasteiger partial charge on any atom is 0.319 e. The lowest BCUT2D eigenvalue weighted by atomic mass is 10.0. The summed E-state index contributed by atoms with van der Waals surface area (Å²) in [7, 11) is -3.60. The Morgan fingerprint density at radius 2 is 1.74 bits per heavy atom. The maximum absolute atomic E-state index is 13.5. The molecule has 1 aliphatic rings. The van der Waals surface area contributed by atoms with E-state index in [2.05, 4.69) is 10.6 Å². The van der Waals surface area contributed by atoms with Crippen LogP contribution in [0.25, 0.3) is 0 Å². The second-order valence-electron chi connectivity index (χ2n) is 8.17. The summed E-state index contributed by atoms with van der Waals surface area (Å²) in [6.07, 6.45) is 3.20. The Bertz CT molecular complexity index is 1020. The van der Waals surface area contributed by atoms with E-state index in [-0.39, 0.29) is 12.1 Å².